The maximum Gasteiger partial charge on any atom is 0.309 e. The lowest BCUT2D eigenvalue weighted by molar-refractivity contribution is -0.154. The number of ether oxygens (including phenoxy) is 3. The molecular weight excluding hydrogens is 492 g/mol. The molecule has 3 aliphatic heterocycles. The van der Waals surface area contributed by atoms with Gasteiger partial charge in [-0.1, -0.05) is 73.2 Å². The first kappa shape index (κ1) is 29.2. The molecule has 7 unspecified atom stereocenters. The lowest BCUT2D eigenvalue weighted by Crippen LogP contribution is -2.37. The van der Waals surface area contributed by atoms with Crippen LogP contribution < -0.4 is 0 Å². The van der Waals surface area contributed by atoms with Crippen LogP contribution in [0.1, 0.15) is 78.0 Å². The van der Waals surface area contributed by atoms with Crippen molar-refractivity contribution in [2.75, 3.05) is 0 Å². The number of esters is 1. The molecule has 7 atom stereocenters. The number of H-pyrrole nitrogens is 1. The SMILES string of the molecule is C/C=C1\CC2CC(=O)OC(/C=C/C=C\C=C\Cc3nn[nH]n3)C(C)/C=C/C(C)CC3CCCC(CC(C1)O2)O3. The quantitative estimate of drug-likeness (QED) is 0.290. The van der Waals surface area contributed by atoms with Crippen LogP contribution in [0.15, 0.2) is 60.3 Å². The molecule has 0 aliphatic carbocycles. The summed E-state index contributed by atoms with van der Waals surface area (Å²) in [5, 5.41) is 13.9. The molecule has 4 heterocycles. The van der Waals surface area contributed by atoms with Gasteiger partial charge in [-0.05, 0) is 57.4 Å². The molecule has 0 aromatic carbocycles. The highest BCUT2D eigenvalue weighted by Gasteiger charge is 2.32. The average Bonchev–Trinajstić information content (AvgIpc) is 3.43. The highest BCUT2D eigenvalue weighted by molar-refractivity contribution is 5.70. The van der Waals surface area contributed by atoms with Gasteiger partial charge in [-0.15, -0.1) is 10.2 Å². The summed E-state index contributed by atoms with van der Waals surface area (Å²) in [5.41, 5.74) is 1.36. The number of nitrogens with zero attached hydrogens (tertiary/aromatic N) is 3. The molecule has 0 amide bonds. The van der Waals surface area contributed by atoms with Crippen molar-refractivity contribution in [3.63, 3.8) is 0 Å². The fraction of sp³-hybridized carbons (Fsp3) is 0.613. The van der Waals surface area contributed by atoms with Crippen molar-refractivity contribution in [2.24, 2.45) is 11.8 Å². The highest BCUT2D eigenvalue weighted by Crippen LogP contribution is 2.33. The maximum atomic E-state index is 13.1. The summed E-state index contributed by atoms with van der Waals surface area (Å²) < 4.78 is 19.0. The van der Waals surface area contributed by atoms with E-state index in [0.29, 0.717) is 24.3 Å². The van der Waals surface area contributed by atoms with E-state index < -0.39 is 0 Å². The zero-order chi connectivity index (χ0) is 27.5. The number of hydrogen-bond donors (Lipinski definition) is 1. The number of rotatable bonds is 5. The standard InChI is InChI=1S/C31H44N4O4/c1-4-24-18-27-20-26-12-10-11-25(37-26)17-22(2)15-16-23(3)29(39-31(36)21-28(19-24)38-27)13-8-6-5-7-9-14-30-32-34-35-33-30/h4-9,13,15-16,22-23,25-29H,10-12,14,17-21H2,1-3H3,(H,32,33,34,35)/b6-5-,9-7+,13-8+,16-15+,24-4-. The second-order valence-corrected chi connectivity index (χ2v) is 11.1. The number of aromatic amines is 1. The van der Waals surface area contributed by atoms with Gasteiger partial charge in [0, 0.05) is 18.8 Å². The second-order valence-electron chi connectivity index (χ2n) is 11.1. The first-order chi connectivity index (χ1) is 19.0. The number of fused-ring (bicyclic) bond motifs is 4. The molecule has 1 aromatic rings. The number of aromatic nitrogens is 4. The van der Waals surface area contributed by atoms with Crippen molar-refractivity contribution in [1.82, 2.24) is 20.6 Å². The molecule has 8 nitrogen and oxygen atoms in total. The van der Waals surface area contributed by atoms with Gasteiger partial charge in [-0.3, -0.25) is 4.79 Å². The molecule has 0 saturated carbocycles. The molecule has 2 fully saturated rings. The van der Waals surface area contributed by atoms with E-state index in [0.717, 1.165) is 38.5 Å². The number of tetrazole rings is 1. The topological polar surface area (TPSA) is 99.2 Å². The zero-order valence-corrected chi connectivity index (χ0v) is 23.6. The van der Waals surface area contributed by atoms with Crippen molar-refractivity contribution in [3.05, 3.63) is 66.1 Å². The average molecular weight is 537 g/mol. The summed E-state index contributed by atoms with van der Waals surface area (Å²) >= 11 is 0. The minimum atomic E-state index is -0.363. The van der Waals surface area contributed by atoms with E-state index in [1.165, 1.54) is 12.0 Å². The Hall–Kier alpha value is -2.84. The van der Waals surface area contributed by atoms with E-state index in [-0.39, 0.29) is 42.7 Å². The van der Waals surface area contributed by atoms with E-state index in [9.17, 15) is 4.79 Å². The van der Waals surface area contributed by atoms with Gasteiger partial charge in [-0.25, -0.2) is 0 Å². The lowest BCUT2D eigenvalue weighted by atomic mass is 9.90. The van der Waals surface area contributed by atoms with Gasteiger partial charge in [0.2, 0.25) is 0 Å². The zero-order valence-electron chi connectivity index (χ0n) is 23.6. The second kappa shape index (κ2) is 15.1. The predicted molar refractivity (Wildman–Crippen MR) is 151 cm³/mol. The van der Waals surface area contributed by atoms with Gasteiger partial charge in [0.15, 0.2) is 5.82 Å². The van der Waals surface area contributed by atoms with Crippen LogP contribution in [0, 0.1) is 11.8 Å². The van der Waals surface area contributed by atoms with Crippen LogP contribution in [0.3, 0.4) is 0 Å². The van der Waals surface area contributed by atoms with Crippen molar-refractivity contribution in [3.8, 4) is 0 Å². The van der Waals surface area contributed by atoms with Crippen molar-refractivity contribution in [2.45, 2.75) is 109 Å². The molecule has 0 radical (unpaired) electrons. The Morgan fingerprint density at radius 3 is 2.51 bits per heavy atom. The van der Waals surface area contributed by atoms with E-state index in [2.05, 4.69) is 59.6 Å². The Morgan fingerprint density at radius 2 is 1.72 bits per heavy atom. The fourth-order valence-electron chi connectivity index (χ4n) is 5.65. The summed E-state index contributed by atoms with van der Waals surface area (Å²) in [4.78, 5) is 13.1. The Balaban J connectivity index is 1.45. The smallest absolute Gasteiger partial charge is 0.309 e. The first-order valence-corrected chi connectivity index (χ1v) is 14.5. The Bertz CT molecular complexity index is 1040. The molecule has 3 aliphatic rings. The van der Waals surface area contributed by atoms with Crippen LogP contribution in [0.25, 0.3) is 0 Å². The molecule has 39 heavy (non-hydrogen) atoms. The fourth-order valence-corrected chi connectivity index (χ4v) is 5.65. The Kier molecular flexibility index (Phi) is 11.3. The summed E-state index contributed by atoms with van der Waals surface area (Å²) in [6, 6.07) is 0. The summed E-state index contributed by atoms with van der Waals surface area (Å²) in [5.74, 6) is 0.851. The van der Waals surface area contributed by atoms with Gasteiger partial charge in [0.1, 0.15) is 6.10 Å². The van der Waals surface area contributed by atoms with Gasteiger partial charge in [0.05, 0.1) is 30.8 Å². The van der Waals surface area contributed by atoms with Crippen molar-refractivity contribution < 1.29 is 19.0 Å². The van der Waals surface area contributed by atoms with Crippen molar-refractivity contribution >= 4 is 5.97 Å². The number of carbonyl (C=O) groups is 1. The van der Waals surface area contributed by atoms with E-state index in [1.54, 1.807) is 0 Å². The lowest BCUT2D eigenvalue weighted by Gasteiger charge is -2.37. The Labute approximate surface area is 232 Å². The van der Waals surface area contributed by atoms with E-state index >= 15 is 0 Å². The molecular formula is C31H44N4O4. The third-order valence-electron chi connectivity index (χ3n) is 7.75. The number of allylic oxidation sites excluding steroid dienone is 7. The number of cyclic esters (lactones) is 1. The maximum absolute atomic E-state index is 13.1. The summed E-state index contributed by atoms with van der Waals surface area (Å²) in [6.07, 6.45) is 26.2. The molecule has 8 heteroatoms. The number of carbonyl (C=O) groups excluding carboxylic acids is 1. The molecule has 4 rings (SSSR count). The largest absolute Gasteiger partial charge is 0.457 e. The summed E-state index contributed by atoms with van der Waals surface area (Å²) in [7, 11) is 0. The molecule has 0 spiro atoms. The van der Waals surface area contributed by atoms with Gasteiger partial charge in [-0.2, -0.15) is 5.21 Å². The number of nitrogens with one attached hydrogen (secondary N) is 1. The van der Waals surface area contributed by atoms with Crippen LogP contribution in [-0.2, 0) is 25.4 Å². The van der Waals surface area contributed by atoms with E-state index in [1.807, 2.05) is 36.5 Å². The third-order valence-corrected chi connectivity index (χ3v) is 7.75. The summed E-state index contributed by atoms with van der Waals surface area (Å²) in [6.45, 7) is 6.42. The van der Waals surface area contributed by atoms with Gasteiger partial charge in [0.25, 0.3) is 0 Å². The molecule has 1 N–H and O–H groups in total. The number of hydrogen-bond acceptors (Lipinski definition) is 7. The first-order valence-electron chi connectivity index (χ1n) is 14.5. The van der Waals surface area contributed by atoms with Crippen LogP contribution >= 0.6 is 0 Å². The molecule has 4 bridgehead atoms. The van der Waals surface area contributed by atoms with E-state index in [4.69, 9.17) is 14.2 Å². The minimum absolute atomic E-state index is 0.0360. The monoisotopic (exact) mass is 536 g/mol. The molecule has 1 aromatic heterocycles. The third kappa shape index (κ3) is 9.69. The Morgan fingerprint density at radius 1 is 0.949 bits per heavy atom. The predicted octanol–water partition coefficient (Wildman–Crippen LogP) is 5.77. The molecule has 212 valence electrons. The van der Waals surface area contributed by atoms with Crippen LogP contribution in [0.4, 0.5) is 0 Å². The van der Waals surface area contributed by atoms with Crippen LogP contribution in [0.2, 0.25) is 0 Å². The van der Waals surface area contributed by atoms with Crippen molar-refractivity contribution in [1.29, 1.82) is 0 Å². The highest BCUT2D eigenvalue weighted by atomic mass is 16.5. The minimum Gasteiger partial charge on any atom is -0.457 e. The van der Waals surface area contributed by atoms with Crippen LogP contribution in [-0.4, -0.2) is 57.1 Å². The van der Waals surface area contributed by atoms with Gasteiger partial charge >= 0.3 is 5.97 Å². The van der Waals surface area contributed by atoms with Crippen LogP contribution in [0.5, 0.6) is 0 Å². The molecule has 2 saturated heterocycles. The van der Waals surface area contributed by atoms with Gasteiger partial charge < -0.3 is 14.2 Å². The normalized spacial score (nSPS) is 35.1.